The monoisotopic (exact) mass is 402 g/mol. The minimum Gasteiger partial charge on any atom is -0.383 e. The molecule has 3 heterocycles. The Morgan fingerprint density at radius 1 is 1.03 bits per heavy atom. The third kappa shape index (κ3) is 3.40. The molecule has 1 aromatic carbocycles. The number of aromatic nitrogens is 5. The second-order valence-corrected chi connectivity index (χ2v) is 7.84. The number of nitrogens with zero attached hydrogens (tertiary/aromatic N) is 5. The van der Waals surface area contributed by atoms with Gasteiger partial charge in [-0.15, -0.1) is 0 Å². The molecule has 7 heteroatoms. The summed E-state index contributed by atoms with van der Waals surface area (Å²) in [6.07, 6.45) is 9.56. The molecule has 1 aliphatic carbocycles. The first-order valence-corrected chi connectivity index (χ1v) is 10.4. The minimum atomic E-state index is -0.268. The van der Waals surface area contributed by atoms with Gasteiger partial charge in [0.25, 0.3) is 0 Å². The number of nitrogens with two attached hydrogens (primary N) is 1. The van der Waals surface area contributed by atoms with Crippen LogP contribution in [0.5, 0.6) is 0 Å². The summed E-state index contributed by atoms with van der Waals surface area (Å²) in [7, 11) is 0. The fourth-order valence-corrected chi connectivity index (χ4v) is 4.32. The summed E-state index contributed by atoms with van der Waals surface area (Å²) in [5.74, 6) is 1.16. The molecule has 0 spiro atoms. The number of halogens is 1. The van der Waals surface area contributed by atoms with Gasteiger partial charge in [0.05, 0.1) is 11.9 Å². The van der Waals surface area contributed by atoms with E-state index in [-0.39, 0.29) is 12.4 Å². The van der Waals surface area contributed by atoms with Crippen molar-refractivity contribution in [2.24, 2.45) is 0 Å². The lowest BCUT2D eigenvalue weighted by Gasteiger charge is -2.22. The van der Waals surface area contributed by atoms with Crippen molar-refractivity contribution >= 4 is 16.9 Å². The number of hydrogen-bond acceptors (Lipinski definition) is 5. The molecule has 6 nitrogen and oxygen atoms in total. The smallest absolute Gasteiger partial charge is 0.182 e. The lowest BCUT2D eigenvalue weighted by molar-refractivity contribution is 0.443. The molecule has 0 bridgehead atoms. The summed E-state index contributed by atoms with van der Waals surface area (Å²) in [5.41, 5.74) is 9.18. The zero-order chi connectivity index (χ0) is 20.5. The van der Waals surface area contributed by atoms with Gasteiger partial charge in [-0.3, -0.25) is 0 Å². The first kappa shape index (κ1) is 18.7. The van der Waals surface area contributed by atoms with Crippen molar-refractivity contribution in [2.75, 3.05) is 5.73 Å². The van der Waals surface area contributed by atoms with Gasteiger partial charge in [-0.25, -0.2) is 24.0 Å². The molecule has 0 aliphatic heterocycles. The van der Waals surface area contributed by atoms with Gasteiger partial charge >= 0.3 is 0 Å². The number of fused-ring (bicyclic) bond motifs is 1. The van der Waals surface area contributed by atoms with E-state index in [1.807, 2.05) is 24.4 Å². The van der Waals surface area contributed by atoms with Crippen molar-refractivity contribution in [2.45, 2.75) is 44.6 Å². The third-order valence-corrected chi connectivity index (χ3v) is 5.89. The Morgan fingerprint density at radius 2 is 1.87 bits per heavy atom. The Bertz CT molecular complexity index is 1200. The van der Waals surface area contributed by atoms with E-state index >= 15 is 0 Å². The van der Waals surface area contributed by atoms with Crippen LogP contribution in [0.2, 0.25) is 0 Å². The van der Waals surface area contributed by atoms with E-state index in [1.54, 1.807) is 23.0 Å². The van der Waals surface area contributed by atoms with Crippen LogP contribution in [0.3, 0.4) is 0 Å². The Morgan fingerprint density at radius 3 is 2.67 bits per heavy atom. The zero-order valence-electron chi connectivity index (χ0n) is 16.6. The number of benzene rings is 1. The molecule has 4 aromatic rings. The Kier molecular flexibility index (Phi) is 4.86. The van der Waals surface area contributed by atoms with E-state index in [0.29, 0.717) is 34.5 Å². The standard InChI is InChI=1S/C23H23FN6/c24-19-11-5-4-9-16(19)14-30-23-17(10-6-12-26-23)20(29-30)22-27-13-18(21(25)28-22)15-7-2-1-3-8-15/h4-6,9-13,15H,1-3,7-8,14H2,(H2,25,27,28). The maximum atomic E-state index is 14.2. The van der Waals surface area contributed by atoms with Crippen LogP contribution in [0, 0.1) is 5.82 Å². The van der Waals surface area contributed by atoms with Crippen LogP contribution >= 0.6 is 0 Å². The van der Waals surface area contributed by atoms with Gasteiger partial charge in [-0.2, -0.15) is 5.10 Å². The number of rotatable bonds is 4. The van der Waals surface area contributed by atoms with E-state index in [4.69, 9.17) is 5.73 Å². The first-order valence-electron chi connectivity index (χ1n) is 10.4. The van der Waals surface area contributed by atoms with Crippen LogP contribution in [0.15, 0.2) is 48.8 Å². The highest BCUT2D eigenvalue weighted by molar-refractivity contribution is 5.89. The van der Waals surface area contributed by atoms with Crippen molar-refractivity contribution in [3.8, 4) is 11.5 Å². The van der Waals surface area contributed by atoms with Crippen LogP contribution in [-0.2, 0) is 6.54 Å². The first-order chi connectivity index (χ1) is 14.7. The Balaban J connectivity index is 1.55. The lowest BCUT2D eigenvalue weighted by atomic mass is 9.85. The van der Waals surface area contributed by atoms with Gasteiger partial charge in [-0.05, 0) is 37.0 Å². The molecule has 152 valence electrons. The molecule has 1 saturated carbocycles. The van der Waals surface area contributed by atoms with Gasteiger partial charge in [0, 0.05) is 23.5 Å². The predicted molar refractivity (Wildman–Crippen MR) is 114 cm³/mol. The molecule has 0 unspecified atom stereocenters. The number of hydrogen-bond donors (Lipinski definition) is 1. The van der Waals surface area contributed by atoms with E-state index in [9.17, 15) is 4.39 Å². The fraction of sp³-hybridized carbons (Fsp3) is 0.304. The van der Waals surface area contributed by atoms with Gasteiger partial charge in [0.15, 0.2) is 11.5 Å². The summed E-state index contributed by atoms with van der Waals surface area (Å²) in [4.78, 5) is 13.7. The van der Waals surface area contributed by atoms with Gasteiger partial charge in [0.1, 0.15) is 17.3 Å². The number of pyridine rings is 1. The molecular weight excluding hydrogens is 379 g/mol. The van der Waals surface area contributed by atoms with Crippen molar-refractivity contribution < 1.29 is 4.39 Å². The Labute approximate surface area is 174 Å². The molecular formula is C23H23FN6. The van der Waals surface area contributed by atoms with E-state index < -0.39 is 0 Å². The van der Waals surface area contributed by atoms with Crippen LogP contribution in [0.4, 0.5) is 10.2 Å². The molecule has 30 heavy (non-hydrogen) atoms. The van der Waals surface area contributed by atoms with E-state index in [1.165, 1.54) is 25.3 Å². The van der Waals surface area contributed by atoms with Crippen LogP contribution in [0.25, 0.3) is 22.6 Å². The van der Waals surface area contributed by atoms with E-state index in [0.717, 1.165) is 23.8 Å². The quantitative estimate of drug-likeness (QED) is 0.535. The lowest BCUT2D eigenvalue weighted by Crippen LogP contribution is -2.10. The average molecular weight is 402 g/mol. The SMILES string of the molecule is Nc1nc(-c2nn(Cc3ccccc3F)c3ncccc23)ncc1C1CCCCC1. The number of anilines is 1. The topological polar surface area (TPSA) is 82.5 Å². The molecule has 5 rings (SSSR count). The molecule has 0 amide bonds. The summed E-state index contributed by atoms with van der Waals surface area (Å²) in [6, 6.07) is 10.5. The van der Waals surface area contributed by atoms with Crippen molar-refractivity contribution in [1.29, 1.82) is 0 Å². The highest BCUT2D eigenvalue weighted by atomic mass is 19.1. The molecule has 0 atom stereocenters. The molecule has 2 N–H and O–H groups in total. The van der Waals surface area contributed by atoms with Gasteiger partial charge in [0.2, 0.25) is 0 Å². The van der Waals surface area contributed by atoms with Crippen LogP contribution in [0.1, 0.15) is 49.1 Å². The highest BCUT2D eigenvalue weighted by Gasteiger charge is 2.21. The average Bonchev–Trinajstić information content (AvgIpc) is 3.14. The Hall–Kier alpha value is -3.35. The summed E-state index contributed by atoms with van der Waals surface area (Å²) >= 11 is 0. The largest absolute Gasteiger partial charge is 0.383 e. The molecule has 0 radical (unpaired) electrons. The fourth-order valence-electron chi connectivity index (χ4n) is 4.32. The van der Waals surface area contributed by atoms with Crippen LogP contribution in [-0.4, -0.2) is 24.7 Å². The second kappa shape index (κ2) is 7.82. The van der Waals surface area contributed by atoms with Crippen molar-refractivity contribution in [3.63, 3.8) is 0 Å². The van der Waals surface area contributed by atoms with Gasteiger partial charge in [-0.1, -0.05) is 37.5 Å². The van der Waals surface area contributed by atoms with Crippen LogP contribution < -0.4 is 5.73 Å². The molecule has 0 saturated heterocycles. The number of nitrogen functional groups attached to an aromatic ring is 1. The van der Waals surface area contributed by atoms with Crippen molar-refractivity contribution in [3.05, 3.63) is 65.7 Å². The molecule has 1 fully saturated rings. The molecule has 1 aliphatic rings. The maximum Gasteiger partial charge on any atom is 0.182 e. The summed E-state index contributed by atoms with van der Waals surface area (Å²) < 4.78 is 15.9. The summed E-state index contributed by atoms with van der Waals surface area (Å²) in [5, 5.41) is 5.50. The molecule has 3 aromatic heterocycles. The predicted octanol–water partition coefficient (Wildman–Crippen LogP) is 4.71. The van der Waals surface area contributed by atoms with Crippen molar-refractivity contribution in [1.82, 2.24) is 24.7 Å². The summed E-state index contributed by atoms with van der Waals surface area (Å²) in [6.45, 7) is 0.274. The second-order valence-electron chi connectivity index (χ2n) is 7.84. The minimum absolute atomic E-state index is 0.268. The zero-order valence-corrected chi connectivity index (χ0v) is 16.6. The van der Waals surface area contributed by atoms with E-state index in [2.05, 4.69) is 20.1 Å². The normalized spacial score (nSPS) is 15.0. The maximum absolute atomic E-state index is 14.2. The highest BCUT2D eigenvalue weighted by Crippen LogP contribution is 2.35. The third-order valence-electron chi connectivity index (χ3n) is 5.89. The van der Waals surface area contributed by atoms with Gasteiger partial charge < -0.3 is 5.73 Å².